The van der Waals surface area contributed by atoms with Gasteiger partial charge in [-0.2, -0.15) is 0 Å². The number of aromatic hydroxyl groups is 1. The number of carbonyl (C=O) groups is 4. The molecule has 3 rings (SSSR count). The van der Waals surface area contributed by atoms with Crippen molar-refractivity contribution in [3.05, 3.63) is 102 Å². The topological polar surface area (TPSA) is 197 Å². The van der Waals surface area contributed by atoms with E-state index in [2.05, 4.69) is 16.0 Å². The molecule has 44 heavy (non-hydrogen) atoms. The molecule has 3 aromatic carbocycles. The van der Waals surface area contributed by atoms with Crippen LogP contribution < -0.4 is 27.4 Å². The summed E-state index contributed by atoms with van der Waals surface area (Å²) < 4.78 is 0. The average Bonchev–Trinajstić information content (AvgIpc) is 3.02. The Balaban J connectivity index is 1.83. The molecule has 4 unspecified atom stereocenters. The maximum Gasteiger partial charge on any atom is 0.326 e. The SMILES string of the molecule is NCCCCC(N)C(=O)NC(Cc1ccccc1)C(=O)NC(Cc1ccc(O)cc1)C(=O)NC(Cc1ccccc1)C(=O)O. The Morgan fingerprint density at radius 1 is 0.614 bits per heavy atom. The molecule has 0 aliphatic carbocycles. The van der Waals surface area contributed by atoms with Crippen molar-refractivity contribution in [2.24, 2.45) is 11.5 Å². The fourth-order valence-corrected chi connectivity index (χ4v) is 4.65. The van der Waals surface area contributed by atoms with Crippen molar-refractivity contribution in [3.63, 3.8) is 0 Å². The summed E-state index contributed by atoms with van der Waals surface area (Å²) in [7, 11) is 0. The second-order valence-electron chi connectivity index (χ2n) is 10.7. The van der Waals surface area contributed by atoms with Gasteiger partial charge in [-0.1, -0.05) is 79.2 Å². The summed E-state index contributed by atoms with van der Waals surface area (Å²) in [6.07, 6.45) is 1.93. The first-order chi connectivity index (χ1) is 21.2. The van der Waals surface area contributed by atoms with Gasteiger partial charge in [0.25, 0.3) is 0 Å². The van der Waals surface area contributed by atoms with Crippen molar-refractivity contribution in [2.45, 2.75) is 62.7 Å². The molecular formula is C33H41N5O6. The number of carboxylic acids is 1. The summed E-state index contributed by atoms with van der Waals surface area (Å²) in [5.41, 5.74) is 13.7. The molecule has 234 valence electrons. The van der Waals surface area contributed by atoms with Crippen LogP contribution in [-0.2, 0) is 38.4 Å². The quantitative estimate of drug-likeness (QED) is 0.112. The number of nitrogens with one attached hydrogen (secondary N) is 3. The molecule has 0 heterocycles. The van der Waals surface area contributed by atoms with E-state index in [4.69, 9.17) is 11.5 Å². The standard InChI is InChI=1S/C33H41N5O6/c34-18-8-7-13-26(35)30(40)36-27(19-22-9-3-1-4-10-22)31(41)37-28(20-24-14-16-25(39)17-15-24)32(42)38-29(33(43)44)21-23-11-5-2-6-12-23/h1-6,9-12,14-17,26-29,39H,7-8,13,18-21,34-35H2,(H,36,40)(H,37,41)(H,38,42)(H,43,44). The van der Waals surface area contributed by atoms with Gasteiger partial charge in [-0.15, -0.1) is 0 Å². The van der Waals surface area contributed by atoms with Crippen LogP contribution in [0, 0.1) is 0 Å². The van der Waals surface area contributed by atoms with Gasteiger partial charge in [-0.25, -0.2) is 4.79 Å². The van der Waals surface area contributed by atoms with Gasteiger partial charge in [0.15, 0.2) is 0 Å². The Bertz CT molecular complexity index is 1350. The number of benzene rings is 3. The number of aliphatic carboxylic acids is 1. The van der Waals surface area contributed by atoms with Crippen LogP contribution in [0.1, 0.15) is 36.0 Å². The van der Waals surface area contributed by atoms with Crippen LogP contribution in [0.3, 0.4) is 0 Å². The maximum absolute atomic E-state index is 13.7. The first-order valence-electron chi connectivity index (χ1n) is 14.6. The van der Waals surface area contributed by atoms with Crippen molar-refractivity contribution in [3.8, 4) is 5.75 Å². The molecule has 0 aliphatic heterocycles. The van der Waals surface area contributed by atoms with Crippen molar-refractivity contribution in [2.75, 3.05) is 6.54 Å². The van der Waals surface area contributed by atoms with Gasteiger partial charge in [0, 0.05) is 19.3 Å². The van der Waals surface area contributed by atoms with E-state index in [0.717, 1.165) is 5.56 Å². The number of rotatable bonds is 17. The van der Waals surface area contributed by atoms with E-state index in [1.54, 1.807) is 42.5 Å². The number of phenolic OH excluding ortho intramolecular Hbond substituents is 1. The van der Waals surface area contributed by atoms with E-state index < -0.39 is 47.9 Å². The van der Waals surface area contributed by atoms with E-state index >= 15 is 0 Å². The number of carbonyl (C=O) groups excluding carboxylic acids is 3. The van der Waals surface area contributed by atoms with Crippen molar-refractivity contribution >= 4 is 23.7 Å². The number of hydrogen-bond acceptors (Lipinski definition) is 7. The van der Waals surface area contributed by atoms with Crippen LogP contribution in [-0.4, -0.2) is 64.6 Å². The van der Waals surface area contributed by atoms with E-state index in [0.29, 0.717) is 36.9 Å². The molecule has 11 heteroatoms. The molecular weight excluding hydrogens is 562 g/mol. The largest absolute Gasteiger partial charge is 0.508 e. The number of carboxylic acid groups (broad SMARTS) is 1. The van der Waals surface area contributed by atoms with Crippen molar-refractivity contribution in [1.82, 2.24) is 16.0 Å². The highest BCUT2D eigenvalue weighted by atomic mass is 16.4. The summed E-state index contributed by atoms with van der Waals surface area (Å²) >= 11 is 0. The fraction of sp³-hybridized carbons (Fsp3) is 0.333. The lowest BCUT2D eigenvalue weighted by Gasteiger charge is -2.25. The summed E-state index contributed by atoms with van der Waals surface area (Å²) in [6.45, 7) is 0.478. The van der Waals surface area contributed by atoms with Gasteiger partial charge >= 0.3 is 5.97 Å². The number of unbranched alkanes of at least 4 members (excludes halogenated alkanes) is 1. The zero-order valence-electron chi connectivity index (χ0n) is 24.5. The van der Waals surface area contributed by atoms with E-state index in [-0.39, 0.29) is 25.0 Å². The van der Waals surface area contributed by atoms with Crippen LogP contribution in [0.5, 0.6) is 5.75 Å². The molecule has 9 N–H and O–H groups in total. The van der Waals surface area contributed by atoms with Gasteiger partial charge in [0.1, 0.15) is 23.9 Å². The van der Waals surface area contributed by atoms with Gasteiger partial charge in [0.2, 0.25) is 17.7 Å². The lowest BCUT2D eigenvalue weighted by Crippen LogP contribution is -2.58. The predicted octanol–water partition coefficient (Wildman–Crippen LogP) is 1.42. The van der Waals surface area contributed by atoms with Crippen molar-refractivity contribution in [1.29, 1.82) is 0 Å². The number of phenols is 1. The molecule has 0 bridgehead atoms. The number of hydrogen-bond donors (Lipinski definition) is 7. The predicted molar refractivity (Wildman–Crippen MR) is 166 cm³/mol. The normalized spacial score (nSPS) is 13.6. The average molecular weight is 604 g/mol. The Kier molecular flexibility index (Phi) is 13.3. The zero-order chi connectivity index (χ0) is 31.9. The second-order valence-corrected chi connectivity index (χ2v) is 10.7. The third kappa shape index (κ3) is 11.2. The Morgan fingerprint density at radius 2 is 1.05 bits per heavy atom. The molecule has 0 radical (unpaired) electrons. The molecule has 0 spiro atoms. The summed E-state index contributed by atoms with van der Waals surface area (Å²) in [5, 5.41) is 27.6. The Hall–Kier alpha value is -4.74. The molecule has 0 fully saturated rings. The molecule has 0 aromatic heterocycles. The van der Waals surface area contributed by atoms with Crippen LogP contribution in [0.4, 0.5) is 0 Å². The highest BCUT2D eigenvalue weighted by molar-refractivity contribution is 5.94. The first kappa shape index (κ1) is 33.8. The molecule has 4 atom stereocenters. The van der Waals surface area contributed by atoms with Crippen molar-refractivity contribution < 1.29 is 29.4 Å². The minimum Gasteiger partial charge on any atom is -0.508 e. The van der Waals surface area contributed by atoms with E-state index in [1.807, 2.05) is 30.3 Å². The molecule has 3 amide bonds. The highest BCUT2D eigenvalue weighted by Crippen LogP contribution is 2.13. The molecule has 0 saturated heterocycles. The highest BCUT2D eigenvalue weighted by Gasteiger charge is 2.31. The number of amides is 3. The monoisotopic (exact) mass is 603 g/mol. The fourth-order valence-electron chi connectivity index (χ4n) is 4.65. The minimum absolute atomic E-state index is 0.000134. The van der Waals surface area contributed by atoms with E-state index in [1.165, 1.54) is 12.1 Å². The van der Waals surface area contributed by atoms with Crippen LogP contribution in [0.2, 0.25) is 0 Å². The van der Waals surface area contributed by atoms with Crippen LogP contribution >= 0.6 is 0 Å². The van der Waals surface area contributed by atoms with Crippen LogP contribution in [0.15, 0.2) is 84.9 Å². The summed E-state index contributed by atoms with van der Waals surface area (Å²) in [5.74, 6) is -3.05. The molecule has 0 aliphatic rings. The third-order valence-corrected chi connectivity index (χ3v) is 7.13. The summed E-state index contributed by atoms with van der Waals surface area (Å²) in [6, 6.07) is 19.7. The molecule has 3 aromatic rings. The third-order valence-electron chi connectivity index (χ3n) is 7.13. The van der Waals surface area contributed by atoms with Gasteiger partial charge in [-0.3, -0.25) is 14.4 Å². The van der Waals surface area contributed by atoms with Crippen LogP contribution in [0.25, 0.3) is 0 Å². The maximum atomic E-state index is 13.7. The van der Waals surface area contributed by atoms with Gasteiger partial charge in [0.05, 0.1) is 6.04 Å². The van der Waals surface area contributed by atoms with Gasteiger partial charge in [-0.05, 0) is 48.2 Å². The second kappa shape index (κ2) is 17.4. The Labute approximate surface area is 257 Å². The van der Waals surface area contributed by atoms with Gasteiger partial charge < -0.3 is 37.6 Å². The number of nitrogens with two attached hydrogens (primary N) is 2. The molecule has 0 saturated carbocycles. The summed E-state index contributed by atoms with van der Waals surface area (Å²) in [4.78, 5) is 52.3. The molecule has 11 nitrogen and oxygen atoms in total. The smallest absolute Gasteiger partial charge is 0.326 e. The lowest BCUT2D eigenvalue weighted by atomic mass is 10.0. The first-order valence-corrected chi connectivity index (χ1v) is 14.6. The lowest BCUT2D eigenvalue weighted by molar-refractivity contribution is -0.142. The Morgan fingerprint density at radius 3 is 1.52 bits per heavy atom. The zero-order valence-corrected chi connectivity index (χ0v) is 24.5. The minimum atomic E-state index is -1.25. The van der Waals surface area contributed by atoms with E-state index in [9.17, 15) is 29.4 Å².